The molecule has 0 fully saturated rings. The van der Waals surface area contributed by atoms with Crippen molar-refractivity contribution >= 4 is 11.9 Å². The van der Waals surface area contributed by atoms with Gasteiger partial charge in [0.25, 0.3) is 0 Å². The predicted octanol–water partition coefficient (Wildman–Crippen LogP) is 1.48. The number of rotatable bonds is 10. The fourth-order valence-corrected chi connectivity index (χ4v) is 2.27. The topological polar surface area (TPSA) is 51.2 Å². The number of carbonyl (C=O) groups excluding carboxylic acids is 1. The summed E-state index contributed by atoms with van der Waals surface area (Å²) in [7, 11) is 4.05. The summed E-state index contributed by atoms with van der Waals surface area (Å²) in [6, 6.07) is 0.565. The molecule has 1 N–H and O–H groups in total. The van der Waals surface area contributed by atoms with Crippen molar-refractivity contribution in [3.8, 4) is 0 Å². The van der Waals surface area contributed by atoms with Crippen molar-refractivity contribution in [3.05, 3.63) is 0 Å². The smallest absolute Gasteiger partial charge is 0.242 e. The molecule has 0 heterocycles. The van der Waals surface area contributed by atoms with E-state index in [0.717, 1.165) is 45.1 Å². The van der Waals surface area contributed by atoms with Gasteiger partial charge in [-0.3, -0.25) is 9.79 Å². The van der Waals surface area contributed by atoms with Gasteiger partial charge >= 0.3 is 0 Å². The highest BCUT2D eigenvalue weighted by atomic mass is 16.2. The van der Waals surface area contributed by atoms with E-state index >= 15 is 0 Å². The molecule has 0 bridgehead atoms. The molecule has 1 amide bonds. The Kier molecular flexibility index (Phi) is 11.5. The minimum absolute atomic E-state index is 0.139. The van der Waals surface area contributed by atoms with E-state index in [-0.39, 0.29) is 5.91 Å². The van der Waals surface area contributed by atoms with Gasteiger partial charge < -0.3 is 20.0 Å². The first-order valence-corrected chi connectivity index (χ1v) is 8.88. The second-order valence-corrected chi connectivity index (χ2v) is 5.90. The lowest BCUT2D eigenvalue weighted by Crippen LogP contribution is -2.46. The van der Waals surface area contributed by atoms with E-state index in [4.69, 9.17) is 0 Å². The summed E-state index contributed by atoms with van der Waals surface area (Å²) in [5.74, 6) is 0.936. The molecule has 0 aliphatic heterocycles. The zero-order chi connectivity index (χ0) is 17.8. The molecule has 0 spiro atoms. The molecule has 0 saturated heterocycles. The number of guanidine groups is 1. The number of nitrogens with one attached hydrogen (secondary N) is 1. The van der Waals surface area contributed by atoms with Gasteiger partial charge in [-0.15, -0.1) is 0 Å². The highest BCUT2D eigenvalue weighted by Crippen LogP contribution is 1.99. The number of hydrogen-bond acceptors (Lipinski definition) is 3. The molecule has 0 aliphatic carbocycles. The van der Waals surface area contributed by atoms with Crippen LogP contribution < -0.4 is 5.32 Å². The lowest BCUT2D eigenvalue weighted by Gasteiger charge is -2.26. The monoisotopic (exact) mass is 327 g/mol. The van der Waals surface area contributed by atoms with Gasteiger partial charge in [0.2, 0.25) is 5.91 Å². The maximum Gasteiger partial charge on any atom is 0.242 e. The van der Waals surface area contributed by atoms with Gasteiger partial charge in [-0.25, -0.2) is 0 Å². The Labute approximate surface area is 142 Å². The molecule has 0 aromatic carbocycles. The molecule has 0 radical (unpaired) electrons. The van der Waals surface area contributed by atoms with Crippen molar-refractivity contribution in [3.63, 3.8) is 0 Å². The number of likely N-dealkylation sites (N-methyl/N-ethyl adjacent to an activating group) is 3. The molecule has 1 atom stereocenters. The quantitative estimate of drug-likeness (QED) is 0.488. The number of hydrogen-bond donors (Lipinski definition) is 1. The van der Waals surface area contributed by atoms with E-state index < -0.39 is 0 Å². The molecule has 0 aromatic heterocycles. The van der Waals surface area contributed by atoms with E-state index in [0.29, 0.717) is 12.6 Å². The van der Waals surface area contributed by atoms with Crippen LogP contribution in [0.4, 0.5) is 0 Å². The van der Waals surface area contributed by atoms with Crippen LogP contribution in [0.3, 0.4) is 0 Å². The predicted molar refractivity (Wildman–Crippen MR) is 98.9 cm³/mol. The second-order valence-electron chi connectivity index (χ2n) is 5.90. The Morgan fingerprint density at radius 2 is 1.74 bits per heavy atom. The van der Waals surface area contributed by atoms with Crippen LogP contribution in [0.25, 0.3) is 0 Å². The summed E-state index contributed by atoms with van der Waals surface area (Å²) in [4.78, 5) is 22.9. The zero-order valence-electron chi connectivity index (χ0n) is 16.2. The van der Waals surface area contributed by atoms with Gasteiger partial charge in [0.05, 0.1) is 13.1 Å². The van der Waals surface area contributed by atoms with E-state index in [1.165, 1.54) is 0 Å². The molecule has 0 aliphatic rings. The van der Waals surface area contributed by atoms with Crippen LogP contribution >= 0.6 is 0 Å². The zero-order valence-corrected chi connectivity index (χ0v) is 16.2. The molecule has 0 saturated carbocycles. The van der Waals surface area contributed by atoms with Crippen LogP contribution in [0.5, 0.6) is 0 Å². The lowest BCUT2D eigenvalue weighted by atomic mass is 10.2. The summed E-state index contributed by atoms with van der Waals surface area (Å²) in [5.41, 5.74) is 0. The Balaban J connectivity index is 4.63. The van der Waals surface area contributed by atoms with Crippen LogP contribution in [-0.4, -0.2) is 86.0 Å². The van der Waals surface area contributed by atoms with Crippen LogP contribution in [-0.2, 0) is 4.79 Å². The Hall–Kier alpha value is -1.30. The van der Waals surface area contributed by atoms with Gasteiger partial charge in [0.15, 0.2) is 5.96 Å². The average Bonchev–Trinajstić information content (AvgIpc) is 2.53. The number of aliphatic imine (C=N–C) groups is 1. The fraction of sp³-hybridized carbons (Fsp3) is 0.882. The van der Waals surface area contributed by atoms with Crippen molar-refractivity contribution in [2.75, 3.05) is 53.4 Å². The molecule has 6 heteroatoms. The largest absolute Gasteiger partial charge is 0.357 e. The minimum atomic E-state index is 0.139. The van der Waals surface area contributed by atoms with E-state index in [1.807, 2.05) is 37.6 Å². The van der Waals surface area contributed by atoms with Crippen molar-refractivity contribution < 1.29 is 4.79 Å². The van der Waals surface area contributed by atoms with E-state index in [2.05, 4.69) is 36.1 Å². The molecular weight excluding hydrogens is 290 g/mol. The normalized spacial score (nSPS) is 13.1. The van der Waals surface area contributed by atoms with E-state index in [1.54, 1.807) is 0 Å². The SMILES string of the molecule is CCNC(=NCCN(C)C(C)CC)N(C)CC(=O)N(CC)CC. The van der Waals surface area contributed by atoms with E-state index in [9.17, 15) is 4.79 Å². The third-order valence-corrected chi connectivity index (χ3v) is 4.24. The van der Waals surface area contributed by atoms with Gasteiger partial charge in [-0.1, -0.05) is 6.92 Å². The van der Waals surface area contributed by atoms with Gasteiger partial charge in [-0.2, -0.15) is 0 Å². The van der Waals surface area contributed by atoms with Gasteiger partial charge in [0.1, 0.15) is 0 Å². The Morgan fingerprint density at radius 1 is 1.13 bits per heavy atom. The minimum Gasteiger partial charge on any atom is -0.357 e. The van der Waals surface area contributed by atoms with Crippen molar-refractivity contribution in [2.24, 2.45) is 4.99 Å². The van der Waals surface area contributed by atoms with Gasteiger partial charge in [-0.05, 0) is 41.2 Å². The summed E-state index contributed by atoms with van der Waals surface area (Å²) < 4.78 is 0. The number of amides is 1. The molecule has 23 heavy (non-hydrogen) atoms. The first-order valence-electron chi connectivity index (χ1n) is 8.88. The highest BCUT2D eigenvalue weighted by Gasteiger charge is 2.15. The van der Waals surface area contributed by atoms with Crippen molar-refractivity contribution in [1.82, 2.24) is 20.0 Å². The van der Waals surface area contributed by atoms with Gasteiger partial charge in [0, 0.05) is 39.3 Å². The molecule has 6 nitrogen and oxygen atoms in total. The second kappa shape index (κ2) is 12.2. The molecule has 0 rings (SSSR count). The van der Waals surface area contributed by atoms with Crippen LogP contribution in [0.2, 0.25) is 0 Å². The molecular formula is C17H37N5O. The van der Waals surface area contributed by atoms with Crippen LogP contribution in [0.1, 0.15) is 41.0 Å². The Bertz CT molecular complexity index is 355. The van der Waals surface area contributed by atoms with Crippen molar-refractivity contribution in [2.45, 2.75) is 47.1 Å². The maximum absolute atomic E-state index is 12.2. The third-order valence-electron chi connectivity index (χ3n) is 4.24. The maximum atomic E-state index is 12.2. The Morgan fingerprint density at radius 3 is 2.22 bits per heavy atom. The lowest BCUT2D eigenvalue weighted by molar-refractivity contribution is -0.131. The molecule has 1 unspecified atom stereocenters. The first-order chi connectivity index (χ1) is 10.9. The summed E-state index contributed by atoms with van der Waals surface area (Å²) in [5, 5.41) is 3.27. The van der Waals surface area contributed by atoms with Crippen molar-refractivity contribution in [1.29, 1.82) is 0 Å². The van der Waals surface area contributed by atoms with Crippen LogP contribution in [0, 0.1) is 0 Å². The summed E-state index contributed by atoms with van der Waals surface area (Å²) in [6.45, 7) is 14.8. The van der Waals surface area contributed by atoms with Crippen LogP contribution in [0.15, 0.2) is 4.99 Å². The first kappa shape index (κ1) is 21.7. The molecule has 136 valence electrons. The average molecular weight is 328 g/mol. The number of nitrogens with zero attached hydrogens (tertiary/aromatic N) is 4. The molecule has 0 aromatic rings. The standard InChI is InChI=1S/C17H37N5O/c1-8-15(5)20(6)13-12-19-17(18-9-2)21(7)14-16(23)22(10-3)11-4/h15H,8-14H2,1-7H3,(H,18,19). The number of carbonyl (C=O) groups is 1. The highest BCUT2D eigenvalue weighted by molar-refractivity contribution is 5.86. The fourth-order valence-electron chi connectivity index (χ4n) is 2.27. The summed E-state index contributed by atoms with van der Waals surface area (Å²) in [6.07, 6.45) is 1.14. The third kappa shape index (κ3) is 8.21. The summed E-state index contributed by atoms with van der Waals surface area (Å²) >= 11 is 0.